The van der Waals surface area contributed by atoms with Crippen LogP contribution in [0.2, 0.25) is 0 Å². The van der Waals surface area contributed by atoms with Gasteiger partial charge < -0.3 is 0 Å². The van der Waals surface area contributed by atoms with Gasteiger partial charge in [0.1, 0.15) is 0 Å². The molecule has 1 aliphatic carbocycles. The highest BCUT2D eigenvalue weighted by Gasteiger charge is 2.17. The highest BCUT2D eigenvalue weighted by molar-refractivity contribution is 4.70. The van der Waals surface area contributed by atoms with Crippen molar-refractivity contribution in [1.82, 2.24) is 0 Å². The topological polar surface area (TPSA) is 0 Å². The van der Waals surface area contributed by atoms with Gasteiger partial charge in [0.15, 0.2) is 0 Å². The summed E-state index contributed by atoms with van der Waals surface area (Å²) in [6.07, 6.45) is 26.8. The molecular formula is C22H44. The van der Waals surface area contributed by atoms with Crippen LogP contribution in [0.25, 0.3) is 0 Å². The molecule has 0 N–H and O–H groups in total. The Bertz CT molecular complexity index is 220. The van der Waals surface area contributed by atoms with Crippen molar-refractivity contribution in [2.45, 2.75) is 129 Å². The standard InChI is InChI=1S/C22H44/c1-3-4-5-6-7-8-9-10-11-12-13-14-15-18-22-19-16-17-21(2)20-22/h21-22H,3-20H2,1-2H3. The Hall–Kier alpha value is 0. The van der Waals surface area contributed by atoms with Crippen molar-refractivity contribution in [3.63, 3.8) is 0 Å². The van der Waals surface area contributed by atoms with Crippen LogP contribution < -0.4 is 0 Å². The molecule has 0 amide bonds. The van der Waals surface area contributed by atoms with E-state index in [1.807, 2.05) is 0 Å². The van der Waals surface area contributed by atoms with Crippen LogP contribution in [-0.4, -0.2) is 0 Å². The molecule has 1 fully saturated rings. The molecule has 0 saturated heterocycles. The van der Waals surface area contributed by atoms with Crippen molar-refractivity contribution in [2.75, 3.05) is 0 Å². The van der Waals surface area contributed by atoms with Gasteiger partial charge in [0.25, 0.3) is 0 Å². The molecule has 0 aromatic heterocycles. The normalized spacial score (nSPS) is 22.1. The summed E-state index contributed by atoms with van der Waals surface area (Å²) in [5.41, 5.74) is 0. The van der Waals surface area contributed by atoms with Crippen molar-refractivity contribution < 1.29 is 0 Å². The molecule has 0 aromatic carbocycles. The first-order valence-electron chi connectivity index (χ1n) is 10.8. The molecule has 0 aliphatic heterocycles. The Balaban J connectivity index is 1.73. The fraction of sp³-hybridized carbons (Fsp3) is 1.00. The molecule has 22 heavy (non-hydrogen) atoms. The van der Waals surface area contributed by atoms with Gasteiger partial charge in [-0.05, 0) is 18.3 Å². The highest BCUT2D eigenvalue weighted by Crippen LogP contribution is 2.31. The second-order valence-electron chi connectivity index (χ2n) is 8.17. The molecule has 0 spiro atoms. The van der Waals surface area contributed by atoms with E-state index in [-0.39, 0.29) is 0 Å². The zero-order valence-corrected chi connectivity index (χ0v) is 15.9. The van der Waals surface area contributed by atoms with E-state index < -0.39 is 0 Å². The molecule has 0 heterocycles. The second-order valence-corrected chi connectivity index (χ2v) is 8.17. The average Bonchev–Trinajstić information content (AvgIpc) is 2.52. The Morgan fingerprint density at radius 3 is 1.64 bits per heavy atom. The predicted octanol–water partition coefficient (Wildman–Crippen LogP) is 8.29. The van der Waals surface area contributed by atoms with Gasteiger partial charge in [-0.3, -0.25) is 0 Å². The summed E-state index contributed by atoms with van der Waals surface area (Å²) in [6.45, 7) is 4.76. The molecular weight excluding hydrogens is 264 g/mol. The maximum Gasteiger partial charge on any atom is -0.0412 e. The van der Waals surface area contributed by atoms with Gasteiger partial charge in [-0.25, -0.2) is 0 Å². The summed E-state index contributed by atoms with van der Waals surface area (Å²) in [5, 5.41) is 0. The molecule has 0 heteroatoms. The quantitative estimate of drug-likeness (QED) is 0.283. The van der Waals surface area contributed by atoms with Crippen LogP contribution in [0.15, 0.2) is 0 Å². The van der Waals surface area contributed by atoms with Gasteiger partial charge in [-0.2, -0.15) is 0 Å². The van der Waals surface area contributed by atoms with Crippen LogP contribution in [0.3, 0.4) is 0 Å². The van der Waals surface area contributed by atoms with Crippen LogP contribution in [-0.2, 0) is 0 Å². The minimum Gasteiger partial charge on any atom is -0.0654 e. The van der Waals surface area contributed by atoms with Crippen molar-refractivity contribution in [2.24, 2.45) is 11.8 Å². The van der Waals surface area contributed by atoms with Gasteiger partial charge >= 0.3 is 0 Å². The molecule has 0 radical (unpaired) electrons. The average molecular weight is 309 g/mol. The summed E-state index contributed by atoms with van der Waals surface area (Å²) in [6, 6.07) is 0. The van der Waals surface area contributed by atoms with Gasteiger partial charge in [0.2, 0.25) is 0 Å². The Morgan fingerprint density at radius 2 is 1.14 bits per heavy atom. The molecule has 2 unspecified atom stereocenters. The SMILES string of the molecule is CCCCCCCCCCCCCCCC1CCCC(C)C1. The van der Waals surface area contributed by atoms with E-state index in [4.69, 9.17) is 0 Å². The summed E-state index contributed by atoms with van der Waals surface area (Å²) in [5.74, 6) is 2.09. The van der Waals surface area contributed by atoms with Gasteiger partial charge in [-0.1, -0.05) is 123 Å². The van der Waals surface area contributed by atoms with E-state index in [1.165, 1.54) is 116 Å². The van der Waals surface area contributed by atoms with Crippen LogP contribution in [0.5, 0.6) is 0 Å². The number of hydrogen-bond donors (Lipinski definition) is 0. The zero-order valence-electron chi connectivity index (χ0n) is 15.9. The maximum absolute atomic E-state index is 2.45. The molecule has 1 aliphatic rings. The van der Waals surface area contributed by atoms with Crippen molar-refractivity contribution in [1.29, 1.82) is 0 Å². The van der Waals surface area contributed by atoms with E-state index in [0.29, 0.717) is 0 Å². The van der Waals surface area contributed by atoms with Gasteiger partial charge in [-0.15, -0.1) is 0 Å². The highest BCUT2D eigenvalue weighted by atomic mass is 14.2. The largest absolute Gasteiger partial charge is 0.0654 e. The minimum absolute atomic E-state index is 1.01. The number of unbranched alkanes of at least 4 members (excludes halogenated alkanes) is 12. The second kappa shape index (κ2) is 14.6. The maximum atomic E-state index is 2.45. The third-order valence-corrected chi connectivity index (χ3v) is 5.76. The minimum atomic E-state index is 1.01. The Morgan fingerprint density at radius 1 is 0.636 bits per heavy atom. The first kappa shape index (κ1) is 20.0. The number of rotatable bonds is 14. The molecule has 0 aromatic rings. The molecule has 1 saturated carbocycles. The lowest BCUT2D eigenvalue weighted by Gasteiger charge is -2.26. The van der Waals surface area contributed by atoms with Gasteiger partial charge in [0.05, 0.1) is 0 Å². The summed E-state index contributed by atoms with van der Waals surface area (Å²) < 4.78 is 0. The van der Waals surface area contributed by atoms with E-state index in [9.17, 15) is 0 Å². The van der Waals surface area contributed by atoms with Crippen molar-refractivity contribution >= 4 is 0 Å². The van der Waals surface area contributed by atoms with Crippen LogP contribution >= 0.6 is 0 Å². The summed E-state index contributed by atoms with van der Waals surface area (Å²) >= 11 is 0. The van der Waals surface area contributed by atoms with Crippen molar-refractivity contribution in [3.05, 3.63) is 0 Å². The summed E-state index contributed by atoms with van der Waals surface area (Å²) in [4.78, 5) is 0. The molecule has 0 bridgehead atoms. The third-order valence-electron chi connectivity index (χ3n) is 5.76. The molecule has 132 valence electrons. The fourth-order valence-electron chi connectivity index (χ4n) is 4.27. The zero-order chi connectivity index (χ0) is 15.9. The van der Waals surface area contributed by atoms with Crippen LogP contribution in [0, 0.1) is 11.8 Å². The smallest absolute Gasteiger partial charge is 0.0412 e. The molecule has 0 nitrogen and oxygen atoms in total. The third kappa shape index (κ3) is 11.6. The van der Waals surface area contributed by atoms with Crippen LogP contribution in [0.4, 0.5) is 0 Å². The van der Waals surface area contributed by atoms with E-state index >= 15 is 0 Å². The Labute approximate surface area is 141 Å². The Kier molecular flexibility index (Phi) is 13.3. The fourth-order valence-corrected chi connectivity index (χ4v) is 4.27. The first-order valence-corrected chi connectivity index (χ1v) is 10.8. The van der Waals surface area contributed by atoms with E-state index in [0.717, 1.165) is 11.8 Å². The molecule has 1 rings (SSSR count). The lowest BCUT2D eigenvalue weighted by molar-refractivity contribution is 0.263. The van der Waals surface area contributed by atoms with E-state index in [2.05, 4.69) is 13.8 Å². The first-order chi connectivity index (χ1) is 10.8. The molecule has 2 atom stereocenters. The lowest BCUT2D eigenvalue weighted by atomic mass is 9.80. The monoisotopic (exact) mass is 308 g/mol. The van der Waals surface area contributed by atoms with Crippen molar-refractivity contribution in [3.8, 4) is 0 Å². The summed E-state index contributed by atoms with van der Waals surface area (Å²) in [7, 11) is 0. The van der Waals surface area contributed by atoms with Crippen LogP contribution in [0.1, 0.15) is 129 Å². The van der Waals surface area contributed by atoms with E-state index in [1.54, 1.807) is 0 Å². The lowest BCUT2D eigenvalue weighted by Crippen LogP contribution is -2.12. The van der Waals surface area contributed by atoms with Gasteiger partial charge in [0, 0.05) is 0 Å². The number of hydrogen-bond acceptors (Lipinski definition) is 0. The predicted molar refractivity (Wildman–Crippen MR) is 101 cm³/mol.